The molecule has 0 unspecified atom stereocenters. The number of carbonyl (C=O) groups is 1. The largest absolute Gasteiger partial charge is 0.476 e. The van der Waals surface area contributed by atoms with Crippen LogP contribution in [0.3, 0.4) is 0 Å². The lowest BCUT2D eigenvalue weighted by Crippen LogP contribution is -2.15. The van der Waals surface area contributed by atoms with Crippen LogP contribution in [0.5, 0.6) is 0 Å². The Morgan fingerprint density at radius 3 is 2.83 bits per heavy atom. The van der Waals surface area contributed by atoms with Crippen molar-refractivity contribution in [1.82, 2.24) is 14.8 Å². The van der Waals surface area contributed by atoms with E-state index in [1.165, 1.54) is 0 Å². The average Bonchev–Trinajstić information content (AvgIpc) is 3.15. The third-order valence-corrected chi connectivity index (χ3v) is 5.02. The topological polar surface area (TPSA) is 80.4 Å². The molecule has 0 radical (unpaired) electrons. The van der Waals surface area contributed by atoms with E-state index in [2.05, 4.69) is 39.9 Å². The van der Waals surface area contributed by atoms with E-state index in [9.17, 15) is 9.90 Å². The predicted octanol–water partition coefficient (Wildman–Crippen LogP) is 4.03. The lowest BCUT2D eigenvalue weighted by Gasteiger charge is -2.19. The molecule has 0 atom stereocenters. The van der Waals surface area contributed by atoms with Crippen LogP contribution in [0.25, 0.3) is 22.4 Å². The predicted molar refractivity (Wildman–Crippen MR) is 113 cm³/mol. The first kappa shape index (κ1) is 18.6. The third-order valence-electron chi connectivity index (χ3n) is 5.02. The molecule has 1 N–H and O–H groups in total. The molecule has 2 aromatic heterocycles. The van der Waals surface area contributed by atoms with E-state index in [4.69, 9.17) is 0 Å². The van der Waals surface area contributed by atoms with Crippen LogP contribution in [-0.4, -0.2) is 38.7 Å². The second-order valence-electron chi connectivity index (χ2n) is 6.68. The zero-order valence-corrected chi connectivity index (χ0v) is 16.0. The number of nitrogens with zero attached hydrogens (tertiary/aromatic N) is 4. The number of hydrogen-bond acceptors (Lipinski definition) is 4. The van der Waals surface area contributed by atoms with Gasteiger partial charge in [-0.1, -0.05) is 36.9 Å². The molecule has 1 aliphatic carbocycles. The number of rotatable bonds is 4. The maximum Gasteiger partial charge on any atom is 0.356 e. The van der Waals surface area contributed by atoms with Crippen LogP contribution in [0, 0.1) is 0 Å². The van der Waals surface area contributed by atoms with Crippen molar-refractivity contribution in [3.05, 3.63) is 84.4 Å². The lowest BCUT2D eigenvalue weighted by atomic mass is 9.87. The normalized spacial score (nSPS) is 13.2. The molecular weight excluding hydrogens is 364 g/mol. The smallest absolute Gasteiger partial charge is 0.356 e. The van der Waals surface area contributed by atoms with Gasteiger partial charge in [0.25, 0.3) is 0 Å². The minimum Gasteiger partial charge on any atom is -0.476 e. The Morgan fingerprint density at radius 1 is 1.28 bits per heavy atom. The van der Waals surface area contributed by atoms with Crippen molar-refractivity contribution in [2.75, 3.05) is 7.05 Å². The minimum absolute atomic E-state index is 0.0746. The van der Waals surface area contributed by atoms with Crippen LogP contribution in [0.4, 0.5) is 0 Å². The van der Waals surface area contributed by atoms with Gasteiger partial charge >= 0.3 is 5.97 Å². The molecule has 0 fully saturated rings. The summed E-state index contributed by atoms with van der Waals surface area (Å²) in [7, 11) is 1.66. The summed E-state index contributed by atoms with van der Waals surface area (Å²) in [6, 6.07) is 10.2. The lowest BCUT2D eigenvalue weighted by molar-refractivity contribution is 0.0689. The van der Waals surface area contributed by atoms with E-state index in [1.54, 1.807) is 36.2 Å². The zero-order valence-electron chi connectivity index (χ0n) is 16.0. The Balaban J connectivity index is 1.96. The fourth-order valence-corrected chi connectivity index (χ4v) is 3.68. The highest BCUT2D eigenvalue weighted by Gasteiger charge is 2.29. The first-order chi connectivity index (χ1) is 14.1. The van der Waals surface area contributed by atoms with E-state index in [1.807, 2.05) is 18.3 Å². The van der Waals surface area contributed by atoms with Gasteiger partial charge in [-0.2, -0.15) is 5.10 Å². The van der Waals surface area contributed by atoms with E-state index >= 15 is 0 Å². The highest BCUT2D eigenvalue weighted by Crippen LogP contribution is 2.38. The molecule has 1 aliphatic rings. The van der Waals surface area contributed by atoms with Crippen molar-refractivity contribution >= 4 is 11.8 Å². The summed E-state index contributed by atoms with van der Waals surface area (Å²) >= 11 is 0. The van der Waals surface area contributed by atoms with Gasteiger partial charge < -0.3 is 5.11 Å². The van der Waals surface area contributed by atoms with Crippen molar-refractivity contribution in [2.45, 2.75) is 12.8 Å². The summed E-state index contributed by atoms with van der Waals surface area (Å²) in [6.45, 7) is 3.69. The maximum absolute atomic E-state index is 11.9. The van der Waals surface area contributed by atoms with Crippen LogP contribution >= 0.6 is 0 Å². The van der Waals surface area contributed by atoms with Gasteiger partial charge in [-0.3, -0.25) is 9.98 Å². The van der Waals surface area contributed by atoms with Gasteiger partial charge in [0.1, 0.15) is 5.84 Å². The van der Waals surface area contributed by atoms with Crippen molar-refractivity contribution in [3.8, 4) is 22.4 Å². The molecule has 144 valence electrons. The van der Waals surface area contributed by atoms with Crippen LogP contribution in [0.2, 0.25) is 0 Å². The number of aromatic nitrogens is 3. The van der Waals surface area contributed by atoms with Crippen LogP contribution < -0.4 is 0 Å². The molecular formula is C23H20N4O2. The van der Waals surface area contributed by atoms with Crippen molar-refractivity contribution < 1.29 is 9.90 Å². The molecule has 0 aliphatic heterocycles. The Kier molecular flexibility index (Phi) is 4.91. The number of benzene rings is 1. The number of pyridine rings is 1. The third kappa shape index (κ3) is 3.29. The van der Waals surface area contributed by atoms with Crippen molar-refractivity contribution in [3.63, 3.8) is 0 Å². The standard InChI is InChI=1S/C23H20N4O2/c1-3-4-7-20(24-2)27-22-18(21(26-27)23(28)29)11-10-15-8-9-16(13-19(15)22)17-6-5-12-25-14-17/h3-9,12-14H,1,10-11H2,2H3,(H,28,29)/b7-4-,24-20?. The van der Waals surface area contributed by atoms with E-state index < -0.39 is 5.97 Å². The molecule has 6 nitrogen and oxygen atoms in total. The van der Waals surface area contributed by atoms with E-state index in [0.717, 1.165) is 39.9 Å². The number of carboxylic acid groups (broad SMARTS) is 1. The molecule has 29 heavy (non-hydrogen) atoms. The Morgan fingerprint density at radius 2 is 2.14 bits per heavy atom. The molecule has 6 heteroatoms. The second-order valence-corrected chi connectivity index (χ2v) is 6.68. The van der Waals surface area contributed by atoms with Gasteiger partial charge in [-0.05, 0) is 42.2 Å². The van der Waals surface area contributed by atoms with E-state index in [-0.39, 0.29) is 5.69 Å². The summed E-state index contributed by atoms with van der Waals surface area (Å²) in [4.78, 5) is 20.4. The van der Waals surface area contributed by atoms with Gasteiger partial charge in [0, 0.05) is 36.1 Å². The molecule has 1 aromatic carbocycles. The second kappa shape index (κ2) is 7.67. The monoisotopic (exact) mass is 384 g/mol. The molecule has 3 aromatic rings. The number of fused-ring (bicyclic) bond motifs is 3. The number of hydrogen-bond donors (Lipinski definition) is 1. The number of allylic oxidation sites excluding steroid dienone is 3. The fraction of sp³-hybridized carbons (Fsp3) is 0.130. The molecule has 4 rings (SSSR count). The van der Waals surface area contributed by atoms with E-state index in [0.29, 0.717) is 12.3 Å². The summed E-state index contributed by atoms with van der Waals surface area (Å²) in [5.41, 5.74) is 5.75. The molecule has 2 heterocycles. The van der Waals surface area contributed by atoms with Gasteiger partial charge in [-0.25, -0.2) is 9.48 Å². The van der Waals surface area contributed by atoms with Crippen LogP contribution in [-0.2, 0) is 12.8 Å². The van der Waals surface area contributed by atoms with Gasteiger partial charge in [0.2, 0.25) is 0 Å². The SMILES string of the molecule is C=C/C=C\C(=NC)n1nc(C(=O)O)c2c1-c1cc(-c3cccnc3)ccc1CC2. The molecule has 0 saturated carbocycles. The highest BCUT2D eigenvalue weighted by atomic mass is 16.4. The quantitative estimate of drug-likeness (QED) is 0.418. The summed E-state index contributed by atoms with van der Waals surface area (Å²) in [6.07, 6.45) is 10.1. The minimum atomic E-state index is -1.03. The highest BCUT2D eigenvalue weighted by molar-refractivity contribution is 6.00. The number of aliphatic imine (C=N–C) groups is 1. The van der Waals surface area contributed by atoms with Crippen molar-refractivity contribution in [1.29, 1.82) is 0 Å². The van der Waals surface area contributed by atoms with Crippen LogP contribution in [0.15, 0.2) is 72.5 Å². The molecule has 0 spiro atoms. The first-order valence-electron chi connectivity index (χ1n) is 9.29. The van der Waals surface area contributed by atoms with Crippen molar-refractivity contribution in [2.24, 2.45) is 4.99 Å². The number of aryl methyl sites for hydroxylation is 1. The molecule has 0 bridgehead atoms. The van der Waals surface area contributed by atoms with Gasteiger partial charge in [-0.15, -0.1) is 0 Å². The fourth-order valence-electron chi connectivity index (χ4n) is 3.68. The Hall–Kier alpha value is -3.80. The maximum atomic E-state index is 11.9. The summed E-state index contributed by atoms with van der Waals surface area (Å²) in [5, 5.41) is 14.1. The first-order valence-corrected chi connectivity index (χ1v) is 9.29. The molecule has 0 amide bonds. The van der Waals surface area contributed by atoms with Gasteiger partial charge in [0.15, 0.2) is 5.69 Å². The Bertz CT molecular complexity index is 1160. The van der Waals surface area contributed by atoms with Gasteiger partial charge in [0.05, 0.1) is 5.69 Å². The summed E-state index contributed by atoms with van der Waals surface area (Å²) in [5.74, 6) is -0.483. The van der Waals surface area contributed by atoms with Crippen LogP contribution in [0.1, 0.15) is 21.6 Å². The Labute approximate surface area is 168 Å². The summed E-state index contributed by atoms with van der Waals surface area (Å²) < 4.78 is 1.63. The number of aromatic carboxylic acids is 1. The number of carboxylic acids is 1. The molecule has 0 saturated heterocycles. The average molecular weight is 384 g/mol. The zero-order chi connectivity index (χ0) is 20.4.